The highest BCUT2D eigenvalue weighted by molar-refractivity contribution is 5.50. The van der Waals surface area contributed by atoms with E-state index in [9.17, 15) is 22.0 Å². The summed E-state index contributed by atoms with van der Waals surface area (Å²) in [5.74, 6) is -9.21. The molecule has 0 atom stereocenters. The van der Waals surface area contributed by atoms with E-state index in [2.05, 4.69) is 13.8 Å². The van der Waals surface area contributed by atoms with Crippen LogP contribution in [0.2, 0.25) is 0 Å². The second kappa shape index (κ2) is 32.6. The van der Waals surface area contributed by atoms with Gasteiger partial charge in [0, 0.05) is 13.1 Å². The van der Waals surface area contributed by atoms with Crippen molar-refractivity contribution in [1.29, 1.82) is 0 Å². The van der Waals surface area contributed by atoms with Crippen LogP contribution in [0.3, 0.4) is 0 Å². The van der Waals surface area contributed by atoms with Gasteiger partial charge in [-0.2, -0.15) is 0 Å². The Kier molecular flexibility index (Phi) is 30.4. The Labute approximate surface area is 300 Å². The SMILES string of the molecule is CCCCCCCCCCCCCCCCCCCN(CCCCCCCCCCCCCCCCCC)c1c(F)c(F)c(F)c(F)c1F. The number of hydrogen-bond acceptors (Lipinski definition) is 1. The van der Waals surface area contributed by atoms with Crippen molar-refractivity contribution in [2.24, 2.45) is 0 Å². The van der Waals surface area contributed by atoms with Crippen LogP contribution in [0.4, 0.5) is 27.6 Å². The average molecular weight is 702 g/mol. The maximum atomic E-state index is 14.7. The third-order valence-electron chi connectivity index (χ3n) is 10.3. The second-order valence-corrected chi connectivity index (χ2v) is 14.9. The monoisotopic (exact) mass is 702 g/mol. The summed E-state index contributed by atoms with van der Waals surface area (Å²) in [6, 6.07) is 0. The quantitative estimate of drug-likeness (QED) is 0.0291. The minimum Gasteiger partial charge on any atom is -0.367 e. The molecule has 0 aliphatic rings. The van der Waals surface area contributed by atoms with Crippen molar-refractivity contribution in [2.45, 2.75) is 226 Å². The molecule has 0 saturated heterocycles. The molecule has 0 saturated carbocycles. The van der Waals surface area contributed by atoms with Crippen LogP contribution >= 0.6 is 0 Å². The molecule has 1 aromatic rings. The lowest BCUT2D eigenvalue weighted by molar-refractivity contribution is 0.377. The molecule has 6 heteroatoms. The lowest BCUT2D eigenvalue weighted by Gasteiger charge is -2.26. The fourth-order valence-corrected chi connectivity index (χ4v) is 7.08. The van der Waals surface area contributed by atoms with Gasteiger partial charge >= 0.3 is 0 Å². The van der Waals surface area contributed by atoms with Gasteiger partial charge in [-0.1, -0.05) is 213 Å². The lowest BCUT2D eigenvalue weighted by Crippen LogP contribution is -2.29. The molecule has 0 spiro atoms. The van der Waals surface area contributed by atoms with Gasteiger partial charge < -0.3 is 4.90 Å². The largest absolute Gasteiger partial charge is 0.367 e. The first kappa shape index (κ1) is 45.7. The summed E-state index contributed by atoms with van der Waals surface area (Å²) >= 11 is 0. The smallest absolute Gasteiger partial charge is 0.200 e. The molecule has 288 valence electrons. The summed E-state index contributed by atoms with van der Waals surface area (Å²) in [5, 5.41) is 0. The molecule has 0 aromatic heterocycles. The number of halogens is 5. The molecular weight excluding hydrogens is 625 g/mol. The molecule has 0 N–H and O–H groups in total. The van der Waals surface area contributed by atoms with Gasteiger partial charge in [-0.05, 0) is 12.8 Å². The molecule has 0 amide bonds. The average Bonchev–Trinajstić information content (AvgIpc) is 3.10. The second-order valence-electron chi connectivity index (χ2n) is 14.9. The van der Waals surface area contributed by atoms with Crippen molar-refractivity contribution in [3.8, 4) is 0 Å². The third-order valence-corrected chi connectivity index (χ3v) is 10.3. The van der Waals surface area contributed by atoms with Crippen LogP contribution in [0.1, 0.15) is 226 Å². The van der Waals surface area contributed by atoms with Crippen molar-refractivity contribution in [3.63, 3.8) is 0 Å². The zero-order valence-electron chi connectivity index (χ0n) is 32.1. The number of rotatable bonds is 36. The van der Waals surface area contributed by atoms with E-state index in [1.165, 1.54) is 165 Å². The van der Waals surface area contributed by atoms with E-state index in [-0.39, 0.29) is 0 Å². The topological polar surface area (TPSA) is 3.24 Å². The van der Waals surface area contributed by atoms with Crippen molar-refractivity contribution in [2.75, 3.05) is 18.0 Å². The number of hydrogen-bond donors (Lipinski definition) is 0. The Morgan fingerprint density at radius 2 is 0.449 bits per heavy atom. The van der Waals surface area contributed by atoms with E-state index in [0.717, 1.165) is 38.5 Å². The van der Waals surface area contributed by atoms with Gasteiger partial charge in [0.05, 0.1) is 0 Å². The minimum atomic E-state index is -2.08. The molecule has 0 bridgehead atoms. The predicted molar refractivity (Wildman–Crippen MR) is 202 cm³/mol. The zero-order chi connectivity index (χ0) is 35.8. The van der Waals surface area contributed by atoms with E-state index < -0.39 is 34.8 Å². The van der Waals surface area contributed by atoms with Crippen molar-refractivity contribution in [1.82, 2.24) is 0 Å². The minimum absolute atomic E-state index is 0.301. The van der Waals surface area contributed by atoms with Gasteiger partial charge in [0.2, 0.25) is 5.82 Å². The first-order valence-electron chi connectivity index (χ1n) is 21.2. The summed E-state index contributed by atoms with van der Waals surface area (Å²) in [7, 11) is 0. The Balaban J connectivity index is 2.24. The summed E-state index contributed by atoms with van der Waals surface area (Å²) in [5.41, 5.74) is -0.756. The van der Waals surface area contributed by atoms with E-state index in [1.54, 1.807) is 0 Å². The Morgan fingerprint density at radius 1 is 0.265 bits per heavy atom. The maximum Gasteiger partial charge on any atom is 0.200 e. The first-order chi connectivity index (χ1) is 24.0. The molecule has 1 nitrogen and oxygen atoms in total. The summed E-state index contributed by atoms with van der Waals surface area (Å²) in [4.78, 5) is 1.41. The fraction of sp³-hybridized carbons (Fsp3) is 0.860. The summed E-state index contributed by atoms with van der Waals surface area (Å²) < 4.78 is 71.3. The highest BCUT2D eigenvalue weighted by Gasteiger charge is 2.28. The number of unbranched alkanes of at least 4 members (excludes halogenated alkanes) is 31. The molecule has 1 rings (SSSR count). The molecule has 0 unspecified atom stereocenters. The molecule has 0 fully saturated rings. The van der Waals surface area contributed by atoms with E-state index >= 15 is 0 Å². The summed E-state index contributed by atoms with van der Waals surface area (Å²) in [6.45, 7) is 5.12. The van der Waals surface area contributed by atoms with Crippen molar-refractivity contribution < 1.29 is 22.0 Å². The highest BCUT2D eigenvalue weighted by Crippen LogP contribution is 2.31. The molecule has 0 aliphatic heterocycles. The normalized spacial score (nSPS) is 11.6. The lowest BCUT2D eigenvalue weighted by atomic mass is 10.0. The Morgan fingerprint density at radius 3 is 0.673 bits per heavy atom. The van der Waals surface area contributed by atoms with Crippen LogP contribution in [-0.2, 0) is 0 Å². The van der Waals surface area contributed by atoms with E-state index in [1.807, 2.05) is 0 Å². The van der Waals surface area contributed by atoms with E-state index in [4.69, 9.17) is 0 Å². The van der Waals surface area contributed by atoms with Crippen LogP contribution in [0, 0.1) is 29.1 Å². The van der Waals surface area contributed by atoms with Crippen LogP contribution in [0.5, 0.6) is 0 Å². The van der Waals surface area contributed by atoms with Gasteiger partial charge in [0.25, 0.3) is 0 Å². The number of benzene rings is 1. The molecule has 1 aromatic carbocycles. The van der Waals surface area contributed by atoms with Gasteiger partial charge in [0.15, 0.2) is 23.3 Å². The van der Waals surface area contributed by atoms with Crippen molar-refractivity contribution in [3.05, 3.63) is 29.1 Å². The van der Waals surface area contributed by atoms with E-state index in [0.29, 0.717) is 25.9 Å². The van der Waals surface area contributed by atoms with Crippen LogP contribution in [-0.4, -0.2) is 13.1 Å². The van der Waals surface area contributed by atoms with Crippen LogP contribution < -0.4 is 4.90 Å². The van der Waals surface area contributed by atoms with Gasteiger partial charge in [0.1, 0.15) is 5.69 Å². The van der Waals surface area contributed by atoms with Gasteiger partial charge in [-0.25, -0.2) is 22.0 Å². The van der Waals surface area contributed by atoms with Gasteiger partial charge in [-0.3, -0.25) is 0 Å². The first-order valence-corrected chi connectivity index (χ1v) is 21.2. The molecular formula is C43H76F5N. The van der Waals surface area contributed by atoms with Gasteiger partial charge in [-0.15, -0.1) is 0 Å². The third kappa shape index (κ3) is 23.0. The Bertz CT molecular complexity index is 862. The Hall–Kier alpha value is -1.33. The van der Waals surface area contributed by atoms with Crippen LogP contribution in [0.25, 0.3) is 0 Å². The standard InChI is InChI=1S/C43H76F5N/c1-3-5-7-9-11-13-15-17-19-21-23-25-27-29-31-33-35-37-49(43-41(47)39(45)38(44)40(46)42(43)48)36-34-32-30-28-26-24-22-20-18-16-14-12-10-8-6-4-2/h3-37H2,1-2H3. The highest BCUT2D eigenvalue weighted by atomic mass is 19.2. The number of nitrogens with zero attached hydrogens (tertiary/aromatic N) is 1. The number of anilines is 1. The molecule has 0 heterocycles. The molecule has 0 radical (unpaired) electrons. The molecule has 49 heavy (non-hydrogen) atoms. The van der Waals surface area contributed by atoms with Crippen LogP contribution in [0.15, 0.2) is 0 Å². The summed E-state index contributed by atoms with van der Waals surface area (Å²) in [6.07, 6.45) is 40.6. The fourth-order valence-electron chi connectivity index (χ4n) is 7.08. The predicted octanol–water partition coefficient (Wildman–Crippen LogP) is 16.1. The maximum absolute atomic E-state index is 14.7. The van der Waals surface area contributed by atoms with Crippen molar-refractivity contribution >= 4 is 5.69 Å². The molecule has 0 aliphatic carbocycles. The zero-order valence-corrected chi connectivity index (χ0v) is 32.1.